The van der Waals surface area contributed by atoms with Crippen LogP contribution in [0.1, 0.15) is 29.3 Å². The van der Waals surface area contributed by atoms with Crippen LogP contribution < -0.4 is 0 Å². The first kappa shape index (κ1) is 20.6. The summed E-state index contributed by atoms with van der Waals surface area (Å²) in [5.41, 5.74) is 8.16. The summed E-state index contributed by atoms with van der Waals surface area (Å²) in [4.78, 5) is 5.53. The molecular weight excluding hydrogens is 387 g/mol. The molecule has 0 aliphatic heterocycles. The van der Waals surface area contributed by atoms with E-state index in [0.717, 1.165) is 39.5 Å². The highest BCUT2D eigenvalue weighted by atomic mass is 19.1. The Balaban J connectivity index is 1.70. The molecule has 0 fully saturated rings. The van der Waals surface area contributed by atoms with Gasteiger partial charge >= 0.3 is 0 Å². The largest absolute Gasteiger partial charge is 0.391 e. The van der Waals surface area contributed by atoms with E-state index in [1.165, 1.54) is 17.7 Å². The lowest BCUT2D eigenvalue weighted by Crippen LogP contribution is -2.02. The molecule has 156 valence electrons. The summed E-state index contributed by atoms with van der Waals surface area (Å²) in [5.74, 6) is -0.277. The van der Waals surface area contributed by atoms with Crippen LogP contribution in [-0.4, -0.2) is 10.3 Å². The Morgan fingerprint density at radius 1 is 0.903 bits per heavy atom. The summed E-state index contributed by atoms with van der Waals surface area (Å²) in [6, 6.07) is 27.3. The SMILES string of the molecule is C/C(=N/OCc1cccc(F)c1)c1cc(-c2ccccc2)n(-c2ccc(C)cc2)c1C. The summed E-state index contributed by atoms with van der Waals surface area (Å²) in [6.07, 6.45) is 0. The van der Waals surface area contributed by atoms with Crippen LogP contribution in [0.3, 0.4) is 0 Å². The predicted molar refractivity (Wildman–Crippen MR) is 124 cm³/mol. The van der Waals surface area contributed by atoms with Gasteiger partial charge in [-0.1, -0.05) is 65.3 Å². The smallest absolute Gasteiger partial charge is 0.142 e. The fourth-order valence-electron chi connectivity index (χ4n) is 3.70. The lowest BCUT2D eigenvalue weighted by Gasteiger charge is -2.13. The van der Waals surface area contributed by atoms with Crippen molar-refractivity contribution in [1.29, 1.82) is 0 Å². The van der Waals surface area contributed by atoms with E-state index in [-0.39, 0.29) is 12.4 Å². The van der Waals surface area contributed by atoms with Gasteiger partial charge in [0.05, 0.1) is 11.4 Å². The molecule has 1 aromatic heterocycles. The average Bonchev–Trinajstić information content (AvgIpc) is 3.12. The van der Waals surface area contributed by atoms with Gasteiger partial charge in [0.15, 0.2) is 0 Å². The minimum Gasteiger partial charge on any atom is -0.391 e. The predicted octanol–water partition coefficient (Wildman–Crippen LogP) is 6.84. The van der Waals surface area contributed by atoms with Crippen molar-refractivity contribution in [3.63, 3.8) is 0 Å². The minimum atomic E-state index is -0.277. The zero-order chi connectivity index (χ0) is 21.8. The molecule has 4 heteroatoms. The third kappa shape index (κ3) is 4.58. The van der Waals surface area contributed by atoms with E-state index in [4.69, 9.17) is 4.84 Å². The van der Waals surface area contributed by atoms with Crippen LogP contribution in [0, 0.1) is 19.7 Å². The van der Waals surface area contributed by atoms with Crippen molar-refractivity contribution in [2.75, 3.05) is 0 Å². The van der Waals surface area contributed by atoms with E-state index in [9.17, 15) is 4.39 Å². The summed E-state index contributed by atoms with van der Waals surface area (Å²) in [6.45, 7) is 6.33. The average molecular weight is 413 g/mol. The summed E-state index contributed by atoms with van der Waals surface area (Å²) in [7, 11) is 0. The van der Waals surface area contributed by atoms with Crippen LogP contribution in [-0.2, 0) is 11.4 Å². The molecule has 0 radical (unpaired) electrons. The highest BCUT2D eigenvalue weighted by Gasteiger charge is 2.17. The van der Waals surface area contributed by atoms with Crippen LogP contribution in [0.15, 0.2) is 90.1 Å². The summed E-state index contributed by atoms with van der Waals surface area (Å²) < 4.78 is 15.6. The third-order valence-electron chi connectivity index (χ3n) is 5.32. The normalized spacial score (nSPS) is 11.5. The standard InChI is InChI=1S/C27H25FN2O/c1-19-12-14-25(15-13-19)30-21(3)26(17-27(30)23-9-5-4-6-10-23)20(2)29-31-18-22-8-7-11-24(28)16-22/h4-17H,18H2,1-3H3/b29-20-. The Hall–Kier alpha value is -3.66. The number of aryl methyl sites for hydroxylation is 1. The van der Waals surface area contributed by atoms with Crippen molar-refractivity contribution < 1.29 is 9.23 Å². The second kappa shape index (κ2) is 9.00. The third-order valence-corrected chi connectivity index (χ3v) is 5.32. The Morgan fingerprint density at radius 2 is 1.65 bits per heavy atom. The molecule has 4 rings (SSSR count). The number of hydrogen-bond donors (Lipinski definition) is 0. The van der Waals surface area contributed by atoms with Gasteiger partial charge in [-0.25, -0.2) is 4.39 Å². The monoisotopic (exact) mass is 412 g/mol. The lowest BCUT2D eigenvalue weighted by molar-refractivity contribution is 0.130. The first-order valence-electron chi connectivity index (χ1n) is 10.3. The van der Waals surface area contributed by atoms with Gasteiger partial charge in [0.25, 0.3) is 0 Å². The summed E-state index contributed by atoms with van der Waals surface area (Å²) >= 11 is 0. The molecule has 31 heavy (non-hydrogen) atoms. The van der Waals surface area contributed by atoms with Gasteiger partial charge in [0.2, 0.25) is 0 Å². The Labute approximate surface area is 182 Å². The van der Waals surface area contributed by atoms with Crippen molar-refractivity contribution in [2.45, 2.75) is 27.4 Å². The first-order chi connectivity index (χ1) is 15.0. The maximum atomic E-state index is 13.4. The minimum absolute atomic E-state index is 0.221. The van der Waals surface area contributed by atoms with E-state index in [1.54, 1.807) is 6.07 Å². The number of halogens is 1. The second-order valence-corrected chi connectivity index (χ2v) is 7.65. The van der Waals surface area contributed by atoms with Crippen molar-refractivity contribution in [1.82, 2.24) is 4.57 Å². The molecule has 0 N–H and O–H groups in total. The van der Waals surface area contributed by atoms with Gasteiger partial charge in [-0.2, -0.15) is 0 Å². The Morgan fingerprint density at radius 3 is 2.35 bits per heavy atom. The van der Waals surface area contributed by atoms with Gasteiger partial charge in [0, 0.05) is 16.9 Å². The number of benzene rings is 3. The topological polar surface area (TPSA) is 26.5 Å². The number of rotatable bonds is 6. The molecule has 0 bridgehead atoms. The van der Waals surface area contributed by atoms with Crippen LogP contribution in [0.2, 0.25) is 0 Å². The van der Waals surface area contributed by atoms with Crippen molar-refractivity contribution in [3.05, 3.63) is 113 Å². The quantitative estimate of drug-likeness (QED) is 0.251. The maximum absolute atomic E-state index is 13.4. The molecule has 3 aromatic carbocycles. The fraction of sp³-hybridized carbons (Fsp3) is 0.148. The highest BCUT2D eigenvalue weighted by Crippen LogP contribution is 2.30. The molecule has 0 saturated heterocycles. The molecular formula is C27H25FN2O. The van der Waals surface area contributed by atoms with Gasteiger partial charge in [-0.05, 0) is 62.2 Å². The fourth-order valence-corrected chi connectivity index (χ4v) is 3.70. The van der Waals surface area contributed by atoms with Crippen LogP contribution in [0.25, 0.3) is 16.9 Å². The van der Waals surface area contributed by atoms with E-state index >= 15 is 0 Å². The van der Waals surface area contributed by atoms with Gasteiger partial charge in [-0.3, -0.25) is 0 Å². The Kier molecular flexibility index (Phi) is 5.99. The number of oxime groups is 1. The van der Waals surface area contributed by atoms with E-state index < -0.39 is 0 Å². The van der Waals surface area contributed by atoms with Crippen LogP contribution in [0.5, 0.6) is 0 Å². The number of aromatic nitrogens is 1. The zero-order valence-electron chi connectivity index (χ0n) is 18.0. The maximum Gasteiger partial charge on any atom is 0.142 e. The second-order valence-electron chi connectivity index (χ2n) is 7.65. The molecule has 0 spiro atoms. The Bertz CT molecular complexity index is 1210. The van der Waals surface area contributed by atoms with Gasteiger partial charge < -0.3 is 9.40 Å². The van der Waals surface area contributed by atoms with E-state index in [2.05, 4.69) is 66.0 Å². The molecule has 0 aliphatic rings. The van der Waals surface area contributed by atoms with Gasteiger partial charge in [0.1, 0.15) is 12.4 Å². The molecule has 0 unspecified atom stereocenters. The zero-order valence-corrected chi connectivity index (χ0v) is 18.0. The molecule has 0 saturated carbocycles. The molecule has 0 atom stereocenters. The molecule has 0 aliphatic carbocycles. The van der Waals surface area contributed by atoms with Crippen LogP contribution >= 0.6 is 0 Å². The highest BCUT2D eigenvalue weighted by molar-refractivity contribution is 6.01. The van der Waals surface area contributed by atoms with E-state index in [0.29, 0.717) is 0 Å². The lowest BCUT2D eigenvalue weighted by atomic mass is 10.1. The van der Waals surface area contributed by atoms with E-state index in [1.807, 2.05) is 31.2 Å². The van der Waals surface area contributed by atoms with Crippen molar-refractivity contribution in [3.8, 4) is 16.9 Å². The van der Waals surface area contributed by atoms with Gasteiger partial charge in [-0.15, -0.1) is 0 Å². The molecule has 3 nitrogen and oxygen atoms in total. The molecule has 1 heterocycles. The van der Waals surface area contributed by atoms with Crippen LogP contribution in [0.4, 0.5) is 4.39 Å². The van der Waals surface area contributed by atoms with Crippen molar-refractivity contribution >= 4 is 5.71 Å². The summed E-state index contributed by atoms with van der Waals surface area (Å²) in [5, 5.41) is 4.32. The molecule has 4 aromatic rings. The number of hydrogen-bond acceptors (Lipinski definition) is 2. The first-order valence-corrected chi connectivity index (χ1v) is 10.3. The number of nitrogens with zero attached hydrogens (tertiary/aromatic N) is 2. The van der Waals surface area contributed by atoms with Crippen molar-refractivity contribution in [2.24, 2.45) is 5.16 Å². The molecule has 0 amide bonds.